The molecule has 25 heavy (non-hydrogen) atoms. The van der Waals surface area contributed by atoms with Gasteiger partial charge in [-0.25, -0.2) is 0 Å². The number of aromatic nitrogens is 1. The highest BCUT2D eigenvalue weighted by molar-refractivity contribution is 5.92. The number of hydrogen-bond donors (Lipinski definition) is 2. The zero-order chi connectivity index (χ0) is 18.6. The van der Waals surface area contributed by atoms with Gasteiger partial charge in [-0.2, -0.15) is 13.2 Å². The van der Waals surface area contributed by atoms with Crippen LogP contribution in [0, 0.1) is 17.8 Å². The molecule has 0 spiro atoms. The Morgan fingerprint density at radius 1 is 1.40 bits per heavy atom. The predicted octanol–water partition coefficient (Wildman–Crippen LogP) is 3.33. The van der Waals surface area contributed by atoms with Gasteiger partial charge in [0.05, 0.1) is 17.9 Å². The van der Waals surface area contributed by atoms with Crippen molar-refractivity contribution in [3.63, 3.8) is 0 Å². The molecule has 1 amide bonds. The Bertz CT molecular complexity index is 643. The van der Waals surface area contributed by atoms with Crippen molar-refractivity contribution in [2.45, 2.75) is 45.4 Å². The smallest absolute Gasteiger partial charge is 0.377 e. The van der Waals surface area contributed by atoms with Crippen LogP contribution in [-0.4, -0.2) is 29.8 Å². The van der Waals surface area contributed by atoms with Gasteiger partial charge in [-0.05, 0) is 31.2 Å². The van der Waals surface area contributed by atoms with E-state index in [2.05, 4.69) is 10.3 Å². The fourth-order valence-electron chi connectivity index (χ4n) is 2.98. The van der Waals surface area contributed by atoms with Gasteiger partial charge in [0.1, 0.15) is 0 Å². The Morgan fingerprint density at radius 3 is 2.72 bits per heavy atom. The van der Waals surface area contributed by atoms with E-state index in [4.69, 9.17) is 4.74 Å². The summed E-state index contributed by atoms with van der Waals surface area (Å²) in [4.78, 5) is 26.2. The largest absolute Gasteiger partial charge is 0.391 e. The van der Waals surface area contributed by atoms with E-state index in [-0.39, 0.29) is 30.7 Å². The second-order valence-electron chi connectivity index (χ2n) is 6.85. The van der Waals surface area contributed by atoms with Crippen LogP contribution in [0.1, 0.15) is 33.1 Å². The highest BCUT2D eigenvalue weighted by atomic mass is 19.4. The Labute approximate surface area is 144 Å². The van der Waals surface area contributed by atoms with E-state index in [1.54, 1.807) is 0 Å². The van der Waals surface area contributed by atoms with Crippen molar-refractivity contribution in [2.75, 3.05) is 11.9 Å². The molecule has 1 fully saturated rings. The molecular formula is C17H23F3N2O3. The molecule has 1 aromatic rings. The monoisotopic (exact) mass is 360 g/mol. The molecule has 0 aliphatic heterocycles. The van der Waals surface area contributed by atoms with Crippen molar-refractivity contribution in [1.82, 2.24) is 4.98 Å². The van der Waals surface area contributed by atoms with Crippen LogP contribution in [0.3, 0.4) is 0 Å². The molecule has 0 radical (unpaired) electrons. The first kappa shape index (κ1) is 19.5. The summed E-state index contributed by atoms with van der Waals surface area (Å²) < 4.78 is 44.8. The SMILES string of the molecule is CC(C)COC1CC(C(F)(F)F)CCC1C(=O)Nc1cc[nH]c(=O)c1. The van der Waals surface area contributed by atoms with Crippen LogP contribution in [0.5, 0.6) is 0 Å². The van der Waals surface area contributed by atoms with Crippen LogP contribution in [-0.2, 0) is 9.53 Å². The van der Waals surface area contributed by atoms with E-state index in [1.807, 2.05) is 13.8 Å². The summed E-state index contributed by atoms with van der Waals surface area (Å²) in [6.07, 6.45) is -3.90. The minimum atomic E-state index is -4.28. The van der Waals surface area contributed by atoms with Crippen molar-refractivity contribution in [1.29, 1.82) is 0 Å². The number of pyridine rings is 1. The molecule has 3 atom stereocenters. The highest BCUT2D eigenvalue weighted by Gasteiger charge is 2.47. The van der Waals surface area contributed by atoms with Gasteiger partial charge in [-0.3, -0.25) is 9.59 Å². The van der Waals surface area contributed by atoms with E-state index >= 15 is 0 Å². The van der Waals surface area contributed by atoms with Gasteiger partial charge in [0.25, 0.3) is 0 Å². The lowest BCUT2D eigenvalue weighted by atomic mass is 9.78. The second kappa shape index (κ2) is 8.03. The van der Waals surface area contributed by atoms with Gasteiger partial charge < -0.3 is 15.0 Å². The quantitative estimate of drug-likeness (QED) is 0.846. The fourth-order valence-corrected chi connectivity index (χ4v) is 2.98. The third kappa shape index (κ3) is 5.59. The standard InChI is InChI=1S/C17H23F3N2O3/c1-10(2)9-25-14-7-11(17(18,19)20)3-4-13(14)16(24)22-12-5-6-21-15(23)8-12/h5-6,8,10-11,13-14H,3-4,7,9H2,1-2H3,(H2,21,22,23,24). The normalized spacial score (nSPS) is 24.3. The first-order valence-electron chi connectivity index (χ1n) is 8.34. The molecular weight excluding hydrogens is 337 g/mol. The van der Waals surface area contributed by atoms with Crippen molar-refractivity contribution in [3.8, 4) is 0 Å². The lowest BCUT2D eigenvalue weighted by Gasteiger charge is -2.36. The second-order valence-corrected chi connectivity index (χ2v) is 6.85. The molecule has 0 bridgehead atoms. The maximum atomic E-state index is 13.0. The van der Waals surface area contributed by atoms with Crippen LogP contribution >= 0.6 is 0 Å². The number of amides is 1. The maximum absolute atomic E-state index is 13.0. The summed E-state index contributed by atoms with van der Waals surface area (Å²) in [6.45, 7) is 4.09. The Hall–Kier alpha value is -1.83. The number of rotatable bonds is 5. The first-order valence-corrected chi connectivity index (χ1v) is 8.34. The number of anilines is 1. The number of nitrogens with one attached hydrogen (secondary N) is 2. The zero-order valence-electron chi connectivity index (χ0n) is 14.2. The van der Waals surface area contributed by atoms with E-state index in [0.29, 0.717) is 12.3 Å². The van der Waals surface area contributed by atoms with Crippen LogP contribution in [0.25, 0.3) is 0 Å². The Balaban J connectivity index is 2.09. The average molecular weight is 360 g/mol. The van der Waals surface area contributed by atoms with Gasteiger partial charge in [-0.15, -0.1) is 0 Å². The molecule has 1 aromatic heterocycles. The van der Waals surface area contributed by atoms with E-state index in [9.17, 15) is 22.8 Å². The van der Waals surface area contributed by atoms with Crippen molar-refractivity contribution >= 4 is 11.6 Å². The average Bonchev–Trinajstić information content (AvgIpc) is 2.51. The summed E-state index contributed by atoms with van der Waals surface area (Å²) in [6, 6.07) is 2.74. The lowest BCUT2D eigenvalue weighted by molar-refractivity contribution is -0.198. The fraction of sp³-hybridized carbons (Fsp3) is 0.647. The van der Waals surface area contributed by atoms with Gasteiger partial charge >= 0.3 is 6.18 Å². The topological polar surface area (TPSA) is 71.2 Å². The van der Waals surface area contributed by atoms with Crippen LogP contribution < -0.4 is 10.9 Å². The van der Waals surface area contributed by atoms with Crippen molar-refractivity contribution in [2.24, 2.45) is 17.8 Å². The molecule has 1 aliphatic rings. The van der Waals surface area contributed by atoms with Crippen LogP contribution in [0.15, 0.2) is 23.1 Å². The van der Waals surface area contributed by atoms with Gasteiger partial charge in [0, 0.05) is 24.6 Å². The first-order chi connectivity index (χ1) is 11.7. The van der Waals surface area contributed by atoms with Crippen LogP contribution in [0.2, 0.25) is 0 Å². The van der Waals surface area contributed by atoms with Gasteiger partial charge in [-0.1, -0.05) is 13.8 Å². The molecule has 1 saturated carbocycles. The molecule has 0 saturated heterocycles. The zero-order valence-corrected chi connectivity index (χ0v) is 14.2. The maximum Gasteiger partial charge on any atom is 0.391 e. The summed E-state index contributed by atoms with van der Waals surface area (Å²) in [5.74, 6) is -2.38. The molecule has 5 nitrogen and oxygen atoms in total. The van der Waals surface area contributed by atoms with Gasteiger partial charge in [0.2, 0.25) is 11.5 Å². The third-order valence-electron chi connectivity index (χ3n) is 4.28. The van der Waals surface area contributed by atoms with Crippen molar-refractivity contribution < 1.29 is 22.7 Å². The third-order valence-corrected chi connectivity index (χ3v) is 4.28. The molecule has 1 heterocycles. The number of carbonyl (C=O) groups is 1. The summed E-state index contributed by atoms with van der Waals surface area (Å²) in [5.41, 5.74) is -0.0551. The van der Waals surface area contributed by atoms with E-state index in [0.717, 1.165) is 0 Å². The van der Waals surface area contributed by atoms with E-state index in [1.165, 1.54) is 18.3 Å². The van der Waals surface area contributed by atoms with E-state index < -0.39 is 30.0 Å². The number of aromatic amines is 1. The minimum Gasteiger partial charge on any atom is -0.377 e. The van der Waals surface area contributed by atoms with Crippen molar-refractivity contribution in [3.05, 3.63) is 28.7 Å². The molecule has 3 unspecified atom stereocenters. The predicted molar refractivity (Wildman–Crippen MR) is 87.2 cm³/mol. The van der Waals surface area contributed by atoms with Gasteiger partial charge in [0.15, 0.2) is 0 Å². The highest BCUT2D eigenvalue weighted by Crippen LogP contribution is 2.41. The number of carbonyl (C=O) groups excluding carboxylic acids is 1. The summed E-state index contributed by atoms with van der Waals surface area (Å²) >= 11 is 0. The number of halogens is 3. The van der Waals surface area contributed by atoms with Crippen LogP contribution in [0.4, 0.5) is 18.9 Å². The molecule has 2 N–H and O–H groups in total. The summed E-state index contributed by atoms with van der Waals surface area (Å²) in [7, 11) is 0. The Morgan fingerprint density at radius 2 is 2.12 bits per heavy atom. The Kier molecular flexibility index (Phi) is 6.26. The number of ether oxygens (including phenoxy) is 1. The number of alkyl halides is 3. The minimum absolute atomic E-state index is 0.0987. The molecule has 2 rings (SSSR count). The molecule has 1 aliphatic carbocycles. The molecule has 140 valence electrons. The number of hydrogen-bond acceptors (Lipinski definition) is 3. The lowest BCUT2D eigenvalue weighted by Crippen LogP contribution is -2.43. The summed E-state index contributed by atoms with van der Waals surface area (Å²) in [5, 5.41) is 2.60. The number of H-pyrrole nitrogens is 1. The molecule has 0 aromatic carbocycles. The molecule has 8 heteroatoms.